The Bertz CT molecular complexity index is 289. The van der Waals surface area contributed by atoms with Crippen LogP contribution in [0.15, 0.2) is 0 Å². The first-order chi connectivity index (χ1) is 6.95. The van der Waals surface area contributed by atoms with E-state index in [4.69, 9.17) is 5.11 Å². The summed E-state index contributed by atoms with van der Waals surface area (Å²) < 4.78 is 23.1. The second-order valence-electron chi connectivity index (χ2n) is 4.51. The number of hydrogen-bond acceptors (Lipinski definition) is 4. The van der Waals surface area contributed by atoms with Crippen LogP contribution in [0.5, 0.6) is 0 Å². The van der Waals surface area contributed by atoms with Crippen LogP contribution in [0.25, 0.3) is 0 Å². The van der Waals surface area contributed by atoms with Crippen molar-refractivity contribution in [3.8, 4) is 0 Å². The van der Waals surface area contributed by atoms with Crippen molar-refractivity contribution >= 4 is 9.84 Å². The monoisotopic (exact) mass is 235 g/mol. The summed E-state index contributed by atoms with van der Waals surface area (Å²) in [5, 5.41) is 11.9. The van der Waals surface area contributed by atoms with Crippen LogP contribution in [-0.4, -0.2) is 43.7 Å². The molecule has 5 heteroatoms. The van der Waals surface area contributed by atoms with E-state index in [9.17, 15) is 8.42 Å². The SMILES string of the molecule is CC(CO)NC1CCCCC1S(C)(=O)=O. The van der Waals surface area contributed by atoms with Gasteiger partial charge in [-0.1, -0.05) is 12.8 Å². The van der Waals surface area contributed by atoms with Crippen molar-refractivity contribution in [3.63, 3.8) is 0 Å². The predicted molar refractivity (Wildman–Crippen MR) is 60.6 cm³/mol. The van der Waals surface area contributed by atoms with Gasteiger partial charge in [-0.05, 0) is 19.8 Å². The minimum absolute atomic E-state index is 0.0101. The number of aliphatic hydroxyl groups excluding tert-OH is 1. The maximum atomic E-state index is 11.6. The van der Waals surface area contributed by atoms with Crippen molar-refractivity contribution in [1.29, 1.82) is 0 Å². The van der Waals surface area contributed by atoms with Gasteiger partial charge in [0, 0.05) is 18.3 Å². The van der Waals surface area contributed by atoms with E-state index >= 15 is 0 Å². The number of rotatable bonds is 4. The standard InChI is InChI=1S/C10H21NO3S/c1-8(7-12)11-9-5-3-4-6-10(9)15(2,13)14/h8-12H,3-7H2,1-2H3. The van der Waals surface area contributed by atoms with Gasteiger partial charge in [-0.2, -0.15) is 0 Å². The molecule has 2 N–H and O–H groups in total. The van der Waals surface area contributed by atoms with E-state index in [0.717, 1.165) is 25.7 Å². The third-order valence-corrected chi connectivity index (χ3v) is 4.69. The van der Waals surface area contributed by atoms with Crippen molar-refractivity contribution in [2.45, 2.75) is 49.9 Å². The second kappa shape index (κ2) is 5.27. The highest BCUT2D eigenvalue weighted by atomic mass is 32.2. The van der Waals surface area contributed by atoms with E-state index in [1.165, 1.54) is 6.26 Å². The summed E-state index contributed by atoms with van der Waals surface area (Å²) in [5.41, 5.74) is 0. The molecule has 1 fully saturated rings. The Hall–Kier alpha value is -0.130. The molecule has 0 aromatic rings. The average Bonchev–Trinajstić information content (AvgIpc) is 2.17. The van der Waals surface area contributed by atoms with Crippen molar-refractivity contribution < 1.29 is 13.5 Å². The van der Waals surface area contributed by atoms with E-state index in [-0.39, 0.29) is 23.9 Å². The van der Waals surface area contributed by atoms with Crippen LogP contribution in [-0.2, 0) is 9.84 Å². The fraction of sp³-hybridized carbons (Fsp3) is 1.00. The Morgan fingerprint density at radius 3 is 2.53 bits per heavy atom. The quantitative estimate of drug-likeness (QED) is 0.736. The second-order valence-corrected chi connectivity index (χ2v) is 6.77. The Kier molecular flexibility index (Phi) is 4.55. The third kappa shape index (κ3) is 3.74. The van der Waals surface area contributed by atoms with E-state index in [1.54, 1.807) is 0 Å². The minimum atomic E-state index is -2.97. The Labute approximate surface area is 92.0 Å². The molecular formula is C10H21NO3S. The highest BCUT2D eigenvalue weighted by Crippen LogP contribution is 2.24. The summed E-state index contributed by atoms with van der Waals surface area (Å²) >= 11 is 0. The predicted octanol–water partition coefficient (Wildman–Crippen LogP) is 0.313. The van der Waals surface area contributed by atoms with Gasteiger partial charge in [0.05, 0.1) is 11.9 Å². The van der Waals surface area contributed by atoms with Gasteiger partial charge in [0.25, 0.3) is 0 Å². The van der Waals surface area contributed by atoms with Crippen LogP contribution >= 0.6 is 0 Å². The number of aliphatic hydroxyl groups is 1. The van der Waals surface area contributed by atoms with Gasteiger partial charge in [-0.25, -0.2) is 8.42 Å². The lowest BCUT2D eigenvalue weighted by Gasteiger charge is -2.32. The maximum absolute atomic E-state index is 11.6. The molecule has 0 aromatic carbocycles. The molecule has 0 aromatic heterocycles. The molecule has 0 radical (unpaired) electrons. The molecular weight excluding hydrogens is 214 g/mol. The van der Waals surface area contributed by atoms with Crippen LogP contribution in [0.4, 0.5) is 0 Å². The Morgan fingerprint density at radius 2 is 2.00 bits per heavy atom. The van der Waals surface area contributed by atoms with Gasteiger partial charge in [-0.15, -0.1) is 0 Å². The Balaban J connectivity index is 2.66. The highest BCUT2D eigenvalue weighted by Gasteiger charge is 2.32. The third-order valence-electron chi connectivity index (χ3n) is 3.02. The zero-order chi connectivity index (χ0) is 11.5. The minimum Gasteiger partial charge on any atom is -0.395 e. The number of sulfone groups is 1. The van der Waals surface area contributed by atoms with Crippen LogP contribution in [0.1, 0.15) is 32.6 Å². The molecule has 1 aliphatic carbocycles. The normalized spacial score (nSPS) is 30.1. The molecule has 15 heavy (non-hydrogen) atoms. The van der Waals surface area contributed by atoms with E-state index in [2.05, 4.69) is 5.32 Å². The first-order valence-electron chi connectivity index (χ1n) is 5.51. The van der Waals surface area contributed by atoms with E-state index < -0.39 is 9.84 Å². The lowest BCUT2D eigenvalue weighted by atomic mass is 9.94. The van der Waals surface area contributed by atoms with Gasteiger partial charge in [0.1, 0.15) is 0 Å². The van der Waals surface area contributed by atoms with Gasteiger partial charge >= 0.3 is 0 Å². The molecule has 3 unspecified atom stereocenters. The molecule has 1 aliphatic rings. The summed E-state index contributed by atoms with van der Waals surface area (Å²) in [6, 6.07) is -0.0201. The fourth-order valence-corrected chi connectivity index (χ4v) is 3.62. The van der Waals surface area contributed by atoms with E-state index in [1.807, 2.05) is 6.92 Å². The highest BCUT2D eigenvalue weighted by molar-refractivity contribution is 7.91. The summed E-state index contributed by atoms with van der Waals surface area (Å²) in [4.78, 5) is 0. The smallest absolute Gasteiger partial charge is 0.151 e. The van der Waals surface area contributed by atoms with Crippen molar-refractivity contribution in [1.82, 2.24) is 5.32 Å². The van der Waals surface area contributed by atoms with Crippen LogP contribution in [0.2, 0.25) is 0 Å². The summed E-state index contributed by atoms with van der Waals surface area (Å²) in [5.74, 6) is 0. The lowest BCUT2D eigenvalue weighted by Crippen LogP contribution is -2.50. The molecule has 3 atom stereocenters. The van der Waals surface area contributed by atoms with Crippen LogP contribution in [0.3, 0.4) is 0 Å². The molecule has 0 amide bonds. The number of nitrogens with one attached hydrogen (secondary N) is 1. The summed E-state index contributed by atoms with van der Waals surface area (Å²) in [7, 11) is -2.97. The van der Waals surface area contributed by atoms with Crippen LogP contribution < -0.4 is 5.32 Å². The largest absolute Gasteiger partial charge is 0.395 e. The Morgan fingerprint density at radius 1 is 1.40 bits per heavy atom. The zero-order valence-corrected chi connectivity index (χ0v) is 10.3. The first-order valence-corrected chi connectivity index (χ1v) is 7.46. The first kappa shape index (κ1) is 12.9. The molecule has 1 saturated carbocycles. The number of hydrogen-bond donors (Lipinski definition) is 2. The fourth-order valence-electron chi connectivity index (χ4n) is 2.22. The average molecular weight is 235 g/mol. The lowest BCUT2D eigenvalue weighted by molar-refractivity contribution is 0.228. The molecule has 0 bridgehead atoms. The molecule has 0 spiro atoms. The van der Waals surface area contributed by atoms with Crippen molar-refractivity contribution in [3.05, 3.63) is 0 Å². The molecule has 0 heterocycles. The van der Waals surface area contributed by atoms with Gasteiger partial charge in [0.2, 0.25) is 0 Å². The topological polar surface area (TPSA) is 66.4 Å². The zero-order valence-electron chi connectivity index (χ0n) is 9.44. The maximum Gasteiger partial charge on any atom is 0.151 e. The molecule has 0 saturated heterocycles. The summed E-state index contributed by atoms with van der Waals surface area (Å²) in [6.07, 6.45) is 5.00. The molecule has 0 aliphatic heterocycles. The van der Waals surface area contributed by atoms with Gasteiger partial charge in [-0.3, -0.25) is 0 Å². The molecule has 90 valence electrons. The van der Waals surface area contributed by atoms with Crippen LogP contribution in [0, 0.1) is 0 Å². The molecule has 4 nitrogen and oxygen atoms in total. The van der Waals surface area contributed by atoms with Crippen molar-refractivity contribution in [2.24, 2.45) is 0 Å². The van der Waals surface area contributed by atoms with Gasteiger partial charge in [0.15, 0.2) is 9.84 Å². The van der Waals surface area contributed by atoms with E-state index in [0.29, 0.717) is 0 Å². The van der Waals surface area contributed by atoms with Crippen molar-refractivity contribution in [2.75, 3.05) is 12.9 Å². The van der Waals surface area contributed by atoms with Gasteiger partial charge < -0.3 is 10.4 Å². The molecule has 1 rings (SSSR count). The summed E-state index contributed by atoms with van der Waals surface area (Å²) in [6.45, 7) is 1.92.